The number of hydrogen-bond acceptors (Lipinski definition) is 3. The number of nitrogen functional groups attached to an aromatic ring is 1. The molecular formula is C15H19N3O. The van der Waals surface area contributed by atoms with Crippen molar-refractivity contribution in [2.45, 2.75) is 32.7 Å². The van der Waals surface area contributed by atoms with E-state index in [1.165, 1.54) is 12.8 Å². The summed E-state index contributed by atoms with van der Waals surface area (Å²) < 4.78 is 7.61. The van der Waals surface area contributed by atoms with E-state index in [9.17, 15) is 0 Å². The molecule has 1 aliphatic carbocycles. The number of hydrogen-bond donors (Lipinski definition) is 1. The SMILES string of the molecule is CCOc1ccc(-c2nc(C)n(C3CC3)c2N)cc1. The predicted octanol–water partition coefficient (Wildman–Crippen LogP) is 3.17. The largest absolute Gasteiger partial charge is 0.494 e. The van der Waals surface area contributed by atoms with Crippen molar-refractivity contribution in [2.75, 3.05) is 12.3 Å². The number of benzene rings is 1. The number of nitrogens with zero attached hydrogens (tertiary/aromatic N) is 2. The maximum Gasteiger partial charge on any atom is 0.131 e. The van der Waals surface area contributed by atoms with Gasteiger partial charge in [-0.1, -0.05) is 0 Å². The second-order valence-corrected chi connectivity index (χ2v) is 4.95. The first kappa shape index (κ1) is 12.1. The third-order valence-electron chi connectivity index (χ3n) is 3.48. The Labute approximate surface area is 113 Å². The summed E-state index contributed by atoms with van der Waals surface area (Å²) in [6, 6.07) is 8.51. The summed E-state index contributed by atoms with van der Waals surface area (Å²) in [5.41, 5.74) is 8.17. The molecule has 4 heteroatoms. The molecule has 1 heterocycles. The molecule has 0 saturated heterocycles. The predicted molar refractivity (Wildman–Crippen MR) is 76.3 cm³/mol. The van der Waals surface area contributed by atoms with Crippen LogP contribution in [0.3, 0.4) is 0 Å². The highest BCUT2D eigenvalue weighted by atomic mass is 16.5. The fraction of sp³-hybridized carbons (Fsp3) is 0.400. The van der Waals surface area contributed by atoms with E-state index in [0.29, 0.717) is 12.6 Å². The Balaban J connectivity index is 1.95. The van der Waals surface area contributed by atoms with Crippen molar-refractivity contribution in [3.63, 3.8) is 0 Å². The summed E-state index contributed by atoms with van der Waals surface area (Å²) in [5, 5.41) is 0. The fourth-order valence-corrected chi connectivity index (χ4v) is 2.44. The molecule has 1 fully saturated rings. The van der Waals surface area contributed by atoms with Crippen molar-refractivity contribution in [2.24, 2.45) is 0 Å². The normalized spacial score (nSPS) is 14.6. The van der Waals surface area contributed by atoms with E-state index >= 15 is 0 Å². The van der Waals surface area contributed by atoms with Crippen LogP contribution in [-0.2, 0) is 0 Å². The van der Waals surface area contributed by atoms with Gasteiger partial charge in [-0.25, -0.2) is 4.98 Å². The molecule has 4 nitrogen and oxygen atoms in total. The molecule has 1 saturated carbocycles. The molecule has 1 aromatic carbocycles. The van der Waals surface area contributed by atoms with E-state index in [1.807, 2.05) is 38.1 Å². The number of anilines is 1. The van der Waals surface area contributed by atoms with E-state index in [-0.39, 0.29) is 0 Å². The van der Waals surface area contributed by atoms with Crippen LogP contribution in [0.2, 0.25) is 0 Å². The minimum atomic E-state index is 0.559. The second kappa shape index (κ2) is 4.61. The third-order valence-corrected chi connectivity index (χ3v) is 3.48. The second-order valence-electron chi connectivity index (χ2n) is 4.95. The molecule has 2 N–H and O–H groups in total. The van der Waals surface area contributed by atoms with Gasteiger partial charge in [0, 0.05) is 11.6 Å². The van der Waals surface area contributed by atoms with Crippen LogP contribution in [0.5, 0.6) is 5.75 Å². The van der Waals surface area contributed by atoms with Crippen molar-refractivity contribution in [1.29, 1.82) is 0 Å². The lowest BCUT2D eigenvalue weighted by molar-refractivity contribution is 0.340. The van der Waals surface area contributed by atoms with Crippen molar-refractivity contribution < 1.29 is 4.74 Å². The Hall–Kier alpha value is -1.97. The van der Waals surface area contributed by atoms with Crippen LogP contribution in [-0.4, -0.2) is 16.2 Å². The van der Waals surface area contributed by atoms with Gasteiger partial charge in [0.2, 0.25) is 0 Å². The number of nitrogens with two attached hydrogens (primary N) is 1. The third kappa shape index (κ3) is 2.18. The maximum atomic E-state index is 6.24. The molecule has 0 unspecified atom stereocenters. The highest BCUT2D eigenvalue weighted by Crippen LogP contribution is 2.40. The van der Waals surface area contributed by atoms with Gasteiger partial charge in [0.15, 0.2) is 0 Å². The van der Waals surface area contributed by atoms with E-state index in [2.05, 4.69) is 9.55 Å². The molecule has 19 heavy (non-hydrogen) atoms. The number of aryl methyl sites for hydroxylation is 1. The average molecular weight is 257 g/mol. The zero-order valence-electron chi connectivity index (χ0n) is 11.4. The number of rotatable bonds is 4. The highest BCUT2D eigenvalue weighted by Gasteiger charge is 2.28. The molecule has 3 rings (SSSR count). The Morgan fingerprint density at radius 1 is 1.32 bits per heavy atom. The molecule has 100 valence electrons. The molecule has 0 aliphatic heterocycles. The van der Waals surface area contributed by atoms with Gasteiger partial charge in [-0.15, -0.1) is 0 Å². The first-order valence-corrected chi connectivity index (χ1v) is 6.78. The van der Waals surface area contributed by atoms with E-state index in [1.54, 1.807) is 0 Å². The monoisotopic (exact) mass is 257 g/mol. The van der Waals surface area contributed by atoms with Gasteiger partial charge >= 0.3 is 0 Å². The smallest absolute Gasteiger partial charge is 0.131 e. The van der Waals surface area contributed by atoms with Crippen LogP contribution >= 0.6 is 0 Å². The maximum absolute atomic E-state index is 6.24. The molecular weight excluding hydrogens is 238 g/mol. The van der Waals surface area contributed by atoms with E-state index in [0.717, 1.165) is 28.6 Å². The number of ether oxygens (including phenoxy) is 1. The van der Waals surface area contributed by atoms with Gasteiger partial charge in [-0.05, 0) is 51.0 Å². The molecule has 0 spiro atoms. The zero-order valence-corrected chi connectivity index (χ0v) is 11.4. The van der Waals surface area contributed by atoms with Crippen molar-refractivity contribution in [1.82, 2.24) is 9.55 Å². The Morgan fingerprint density at radius 3 is 2.58 bits per heavy atom. The van der Waals surface area contributed by atoms with E-state index in [4.69, 9.17) is 10.5 Å². The van der Waals surface area contributed by atoms with Crippen molar-refractivity contribution in [3.05, 3.63) is 30.1 Å². The van der Waals surface area contributed by atoms with E-state index < -0.39 is 0 Å². The summed E-state index contributed by atoms with van der Waals surface area (Å²) in [5.74, 6) is 2.66. The molecule has 0 atom stereocenters. The Bertz CT molecular complexity index is 582. The summed E-state index contributed by atoms with van der Waals surface area (Å²) in [4.78, 5) is 4.61. The number of imidazole rings is 1. The molecule has 1 aromatic heterocycles. The fourth-order valence-electron chi connectivity index (χ4n) is 2.44. The van der Waals surface area contributed by atoms with Gasteiger partial charge in [-0.3, -0.25) is 0 Å². The van der Waals surface area contributed by atoms with Gasteiger partial charge in [0.1, 0.15) is 23.1 Å². The van der Waals surface area contributed by atoms with Gasteiger partial charge < -0.3 is 15.0 Å². The molecule has 0 amide bonds. The first-order valence-electron chi connectivity index (χ1n) is 6.78. The van der Waals surface area contributed by atoms with Crippen molar-refractivity contribution in [3.8, 4) is 17.0 Å². The van der Waals surface area contributed by atoms with Crippen LogP contribution in [0.4, 0.5) is 5.82 Å². The van der Waals surface area contributed by atoms with Gasteiger partial charge in [0.25, 0.3) is 0 Å². The summed E-state index contributed by atoms with van der Waals surface area (Å²) in [7, 11) is 0. The van der Waals surface area contributed by atoms with Crippen LogP contribution in [0.25, 0.3) is 11.3 Å². The van der Waals surface area contributed by atoms with Crippen LogP contribution < -0.4 is 10.5 Å². The molecule has 0 radical (unpaired) electrons. The van der Waals surface area contributed by atoms with Crippen molar-refractivity contribution >= 4 is 5.82 Å². The quantitative estimate of drug-likeness (QED) is 0.915. The summed E-state index contributed by atoms with van der Waals surface area (Å²) in [6.45, 7) is 4.68. The molecule has 0 bridgehead atoms. The van der Waals surface area contributed by atoms with Crippen LogP contribution in [0.15, 0.2) is 24.3 Å². The minimum Gasteiger partial charge on any atom is -0.494 e. The zero-order chi connectivity index (χ0) is 13.4. The lowest BCUT2D eigenvalue weighted by atomic mass is 10.1. The van der Waals surface area contributed by atoms with Gasteiger partial charge in [0.05, 0.1) is 6.61 Å². The minimum absolute atomic E-state index is 0.559. The Kier molecular flexibility index (Phi) is 2.93. The summed E-state index contributed by atoms with van der Waals surface area (Å²) in [6.07, 6.45) is 2.42. The number of aromatic nitrogens is 2. The standard InChI is InChI=1S/C15H19N3O/c1-3-19-13-8-4-11(5-9-13)14-15(16)18(10(2)17-14)12-6-7-12/h4-5,8-9,12H,3,6-7,16H2,1-2H3. The molecule has 2 aromatic rings. The highest BCUT2D eigenvalue weighted by molar-refractivity contribution is 5.71. The van der Waals surface area contributed by atoms with Gasteiger partial charge in [-0.2, -0.15) is 0 Å². The van der Waals surface area contributed by atoms with Crippen LogP contribution in [0, 0.1) is 6.92 Å². The topological polar surface area (TPSA) is 53.1 Å². The average Bonchev–Trinajstić information content (AvgIpc) is 3.18. The molecule has 1 aliphatic rings. The Morgan fingerprint density at radius 2 is 2.00 bits per heavy atom. The summed E-state index contributed by atoms with van der Waals surface area (Å²) >= 11 is 0. The lowest BCUT2D eigenvalue weighted by Crippen LogP contribution is -2.02. The first-order chi connectivity index (χ1) is 9.20. The van der Waals surface area contributed by atoms with Crippen LogP contribution in [0.1, 0.15) is 31.6 Å². The lowest BCUT2D eigenvalue weighted by Gasteiger charge is -2.06.